The van der Waals surface area contributed by atoms with E-state index in [2.05, 4.69) is 46.0 Å². The number of carbonyl (C=O) groups is 1. The molecule has 0 saturated heterocycles. The van der Waals surface area contributed by atoms with Crippen molar-refractivity contribution in [1.29, 1.82) is 0 Å². The van der Waals surface area contributed by atoms with Gasteiger partial charge in [0.15, 0.2) is 19.8 Å². The number of benzene rings is 2. The lowest BCUT2D eigenvalue weighted by Gasteiger charge is -2.40. The van der Waals surface area contributed by atoms with Gasteiger partial charge in [0.25, 0.3) is 11.6 Å². The van der Waals surface area contributed by atoms with Crippen LogP contribution in [0.5, 0.6) is 11.5 Å². The fourth-order valence-corrected chi connectivity index (χ4v) is 6.22. The van der Waals surface area contributed by atoms with Gasteiger partial charge in [-0.2, -0.15) is 0 Å². The molecule has 0 fully saturated rings. The van der Waals surface area contributed by atoms with Gasteiger partial charge in [-0.3, -0.25) is 14.9 Å². The number of rotatable bonds is 10. The number of thiophene rings is 1. The van der Waals surface area contributed by atoms with Crippen LogP contribution in [0.4, 0.5) is 5.69 Å². The van der Waals surface area contributed by atoms with Crippen LogP contribution >= 0.6 is 11.3 Å². The topological polar surface area (TPSA) is 91.1 Å². The molecular formula is C31H38N2O6SSi. The highest BCUT2D eigenvalue weighted by Crippen LogP contribution is 2.39. The molecule has 0 bridgehead atoms. The average molecular weight is 595 g/mol. The third kappa shape index (κ3) is 7.06. The van der Waals surface area contributed by atoms with Crippen molar-refractivity contribution in [2.75, 3.05) is 20.3 Å². The molecule has 1 amide bonds. The number of hydrogen-bond donors (Lipinski definition) is 0. The van der Waals surface area contributed by atoms with Crippen molar-refractivity contribution in [1.82, 2.24) is 4.90 Å². The first-order chi connectivity index (χ1) is 19.4. The fourth-order valence-electron chi connectivity index (χ4n) is 4.41. The van der Waals surface area contributed by atoms with Crippen LogP contribution in [0, 0.1) is 10.1 Å². The van der Waals surface area contributed by atoms with Crippen molar-refractivity contribution in [2.24, 2.45) is 0 Å². The van der Waals surface area contributed by atoms with Gasteiger partial charge < -0.3 is 18.8 Å². The van der Waals surface area contributed by atoms with Crippen molar-refractivity contribution in [3.8, 4) is 11.5 Å². The Morgan fingerprint density at radius 3 is 2.46 bits per heavy atom. The highest BCUT2D eigenvalue weighted by atomic mass is 32.1. The minimum absolute atomic E-state index is 0.00145. The molecule has 1 aliphatic heterocycles. The molecule has 8 nitrogen and oxygen atoms in total. The van der Waals surface area contributed by atoms with Gasteiger partial charge in [0, 0.05) is 17.5 Å². The number of nitro groups is 1. The molecule has 2 heterocycles. The minimum Gasteiger partial charge on any atom is -0.493 e. The van der Waals surface area contributed by atoms with Gasteiger partial charge in [-0.05, 0) is 47.1 Å². The number of amides is 1. The van der Waals surface area contributed by atoms with Gasteiger partial charge in [-0.15, -0.1) is 11.3 Å². The lowest BCUT2D eigenvalue weighted by molar-refractivity contribution is -0.385. The van der Waals surface area contributed by atoms with Gasteiger partial charge in [0.05, 0.1) is 30.7 Å². The second-order valence-electron chi connectivity index (χ2n) is 11.6. The predicted molar refractivity (Wildman–Crippen MR) is 165 cm³/mol. The van der Waals surface area contributed by atoms with Crippen LogP contribution in [0.25, 0.3) is 5.57 Å². The lowest BCUT2D eigenvalue weighted by Crippen LogP contribution is -2.49. The highest BCUT2D eigenvalue weighted by Gasteiger charge is 2.39. The molecule has 1 aromatic heterocycles. The molecule has 4 rings (SSSR count). The van der Waals surface area contributed by atoms with Gasteiger partial charge in [-0.25, -0.2) is 0 Å². The number of nitrogens with zero attached hydrogens (tertiary/aromatic N) is 2. The summed E-state index contributed by atoms with van der Waals surface area (Å²) in [5.74, 6) is 0.0293. The van der Waals surface area contributed by atoms with E-state index in [0.29, 0.717) is 19.6 Å². The van der Waals surface area contributed by atoms with Crippen molar-refractivity contribution in [2.45, 2.75) is 58.0 Å². The van der Waals surface area contributed by atoms with Crippen molar-refractivity contribution < 1.29 is 23.6 Å². The lowest BCUT2D eigenvalue weighted by atomic mass is 9.99. The smallest absolute Gasteiger partial charge is 0.286 e. The average Bonchev–Trinajstić information content (AvgIpc) is 3.49. The summed E-state index contributed by atoms with van der Waals surface area (Å²) < 4.78 is 18.0. The molecule has 0 N–H and O–H groups in total. The third-order valence-electron chi connectivity index (χ3n) is 7.88. The Kier molecular flexibility index (Phi) is 9.36. The highest BCUT2D eigenvalue weighted by molar-refractivity contribution is 7.11. The maximum atomic E-state index is 14.1. The Morgan fingerprint density at radius 1 is 1.12 bits per heavy atom. The van der Waals surface area contributed by atoms with Gasteiger partial charge in [-0.1, -0.05) is 63.2 Å². The van der Waals surface area contributed by atoms with Crippen LogP contribution in [0.15, 0.2) is 66.1 Å². The zero-order chi connectivity index (χ0) is 29.8. The van der Waals surface area contributed by atoms with E-state index in [1.807, 2.05) is 41.8 Å². The first kappa shape index (κ1) is 30.5. The van der Waals surface area contributed by atoms with E-state index < -0.39 is 19.1 Å². The minimum atomic E-state index is -2.12. The summed E-state index contributed by atoms with van der Waals surface area (Å²) in [6.45, 7) is 11.8. The Labute approximate surface area is 246 Å². The monoisotopic (exact) mass is 594 g/mol. The van der Waals surface area contributed by atoms with Crippen molar-refractivity contribution >= 4 is 36.8 Å². The molecule has 1 aliphatic rings. The Balaban J connectivity index is 1.67. The predicted octanol–water partition coefficient (Wildman–Crippen LogP) is 7.56. The molecule has 0 spiro atoms. The number of hydrogen-bond acceptors (Lipinski definition) is 7. The molecule has 41 heavy (non-hydrogen) atoms. The summed E-state index contributed by atoms with van der Waals surface area (Å²) in [4.78, 5) is 28.6. The molecule has 0 radical (unpaired) electrons. The van der Waals surface area contributed by atoms with Crippen LogP contribution in [0.1, 0.15) is 48.0 Å². The van der Waals surface area contributed by atoms with Gasteiger partial charge >= 0.3 is 0 Å². The SMILES string of the molecule is COc1cc(C(=O)N2CCC(c3cccs3)=C[C@H]2CO[Si](C)(C)C(C)(C)C)c([N+](=O)[O-])cc1OCc1ccccc1. The molecule has 1 atom stereocenters. The zero-order valence-corrected chi connectivity index (χ0v) is 26.3. The normalized spacial score (nSPS) is 15.8. The molecule has 0 saturated carbocycles. The summed E-state index contributed by atoms with van der Waals surface area (Å²) in [5.41, 5.74) is 1.70. The van der Waals surface area contributed by atoms with E-state index in [0.717, 1.165) is 16.0 Å². The second kappa shape index (κ2) is 12.6. The number of nitro benzene ring substituents is 1. The summed E-state index contributed by atoms with van der Waals surface area (Å²) in [6, 6.07) is 15.9. The number of carbonyl (C=O) groups excluding carboxylic acids is 1. The standard InChI is InChI=1S/C31H38N2O6SSi/c1-31(2,3)41(5,6)39-21-24-17-23(29-13-10-16-40-29)14-15-32(24)30(34)25-18-27(37-4)28(19-26(25)33(35)36)38-20-22-11-8-7-9-12-22/h7-13,16-19,24H,14-15,20-21H2,1-6H3/t24-/m0/s1. The van der Waals surface area contributed by atoms with E-state index >= 15 is 0 Å². The van der Waals surface area contributed by atoms with Crippen LogP contribution in [-0.4, -0.2) is 50.4 Å². The number of methoxy groups -OCH3 is 1. The molecule has 0 unspecified atom stereocenters. The summed E-state index contributed by atoms with van der Waals surface area (Å²) >= 11 is 1.66. The van der Waals surface area contributed by atoms with Crippen molar-refractivity contribution in [3.63, 3.8) is 0 Å². The van der Waals surface area contributed by atoms with Crippen LogP contribution < -0.4 is 9.47 Å². The molecule has 3 aromatic rings. The molecule has 218 valence electrons. The van der Waals surface area contributed by atoms with E-state index in [4.69, 9.17) is 13.9 Å². The number of ether oxygens (including phenoxy) is 2. The molecule has 10 heteroatoms. The quantitative estimate of drug-likeness (QED) is 0.137. The first-order valence-electron chi connectivity index (χ1n) is 13.6. The fraction of sp³-hybridized carbons (Fsp3) is 0.387. The van der Waals surface area contributed by atoms with Gasteiger partial charge in [0.1, 0.15) is 12.2 Å². The van der Waals surface area contributed by atoms with Gasteiger partial charge in [0.2, 0.25) is 0 Å². The van der Waals surface area contributed by atoms with Crippen LogP contribution in [-0.2, 0) is 11.0 Å². The Hall–Kier alpha value is -3.47. The summed E-state index contributed by atoms with van der Waals surface area (Å²) in [7, 11) is -0.662. The summed E-state index contributed by atoms with van der Waals surface area (Å²) in [5, 5.41) is 14.2. The molecule has 2 aromatic carbocycles. The maximum absolute atomic E-state index is 14.1. The molecular weight excluding hydrogens is 557 g/mol. The summed E-state index contributed by atoms with van der Waals surface area (Å²) in [6.07, 6.45) is 2.73. The van der Waals surface area contributed by atoms with Crippen molar-refractivity contribution in [3.05, 3.63) is 92.2 Å². The maximum Gasteiger partial charge on any atom is 0.286 e. The zero-order valence-electron chi connectivity index (χ0n) is 24.5. The van der Waals surface area contributed by atoms with E-state index in [1.54, 1.807) is 16.2 Å². The Morgan fingerprint density at radius 2 is 1.85 bits per heavy atom. The van der Waals surface area contributed by atoms with E-state index in [-0.39, 0.29) is 40.4 Å². The largest absolute Gasteiger partial charge is 0.493 e. The first-order valence-corrected chi connectivity index (χ1v) is 17.4. The van der Waals surface area contributed by atoms with Crippen LogP contribution in [0.2, 0.25) is 18.1 Å². The molecule has 0 aliphatic carbocycles. The van der Waals surface area contributed by atoms with Crippen LogP contribution in [0.3, 0.4) is 0 Å². The third-order valence-corrected chi connectivity index (χ3v) is 13.3. The Bertz CT molecular complexity index is 1400. The second-order valence-corrected chi connectivity index (χ2v) is 17.4. The van der Waals surface area contributed by atoms with E-state index in [9.17, 15) is 14.9 Å². The van der Waals surface area contributed by atoms with E-state index in [1.165, 1.54) is 19.2 Å².